The van der Waals surface area contributed by atoms with Crippen molar-refractivity contribution < 1.29 is 63.6 Å². The molecule has 0 amide bonds. The number of esters is 2. The molecule has 4 unspecified atom stereocenters. The monoisotopic (exact) mass is 1090 g/mol. The van der Waals surface area contributed by atoms with Crippen LogP contribution in [-0.4, -0.2) is 92.9 Å². The molecule has 0 saturated carbocycles. The van der Waals surface area contributed by atoms with Crippen LogP contribution in [0.25, 0.3) is 28.2 Å². The number of rotatable bonds is 35. The molecule has 6 N–H and O–H groups in total. The Morgan fingerprint density at radius 2 is 1.19 bits per heavy atom. The molecule has 4 rings (SSSR count). The normalized spacial score (nSPS) is 13.7. The number of hydrogen-bond donors (Lipinski definition) is 6. The summed E-state index contributed by atoms with van der Waals surface area (Å²) in [5.41, 5.74) is 1.85. The van der Waals surface area contributed by atoms with Crippen molar-refractivity contribution in [1.29, 1.82) is 0 Å². The topological polar surface area (TPSA) is 223 Å². The lowest BCUT2D eigenvalue weighted by Gasteiger charge is -2.31. The predicted molar refractivity (Wildman–Crippen MR) is 312 cm³/mol. The van der Waals surface area contributed by atoms with Gasteiger partial charge in [0, 0.05) is 38.7 Å². The number of carbonyl (C=O) groups excluding carboxylic acids is 2. The number of phenolic OH excluding ortho intramolecular Hbond substituents is 1. The minimum Gasteiger partial charge on any atom is -0.508 e. The van der Waals surface area contributed by atoms with Crippen molar-refractivity contribution in [3.8, 4) is 46.5 Å². The molecule has 0 fully saturated rings. The Kier molecular flexibility index (Phi) is 34.2. The number of carbonyl (C=O) groups is 2. The summed E-state index contributed by atoms with van der Waals surface area (Å²) in [7, 11) is 1.52. The molecule has 2 heterocycles. The van der Waals surface area contributed by atoms with Gasteiger partial charge in [0.25, 0.3) is 0 Å². The summed E-state index contributed by atoms with van der Waals surface area (Å²) >= 11 is 0. The first kappa shape index (κ1) is 68.5. The summed E-state index contributed by atoms with van der Waals surface area (Å²) in [4.78, 5) is 34.2. The van der Waals surface area contributed by atoms with Crippen LogP contribution in [0, 0.1) is 12.3 Å². The van der Waals surface area contributed by atoms with Crippen LogP contribution in [-0.2, 0) is 25.5 Å². The van der Waals surface area contributed by atoms with Crippen molar-refractivity contribution in [1.82, 2.24) is 0 Å². The Bertz CT molecular complexity index is 2370. The maximum Gasteiger partial charge on any atom is 0.348 e. The van der Waals surface area contributed by atoms with Gasteiger partial charge in [-0.3, -0.25) is 9.59 Å². The van der Waals surface area contributed by atoms with Gasteiger partial charge in [0.1, 0.15) is 52.8 Å². The molecule has 3 aromatic rings. The number of benzene rings is 2. The average molecular weight is 1090 g/mol. The minimum atomic E-state index is -0.775. The van der Waals surface area contributed by atoms with Crippen molar-refractivity contribution in [2.45, 2.75) is 232 Å². The van der Waals surface area contributed by atoms with Gasteiger partial charge in [-0.25, -0.2) is 4.79 Å². The zero-order valence-electron chi connectivity index (χ0n) is 48.3. The molecule has 0 aliphatic carbocycles. The smallest absolute Gasteiger partial charge is 0.348 e. The molecule has 436 valence electrons. The van der Waals surface area contributed by atoms with Gasteiger partial charge in [-0.05, 0) is 96.1 Å². The van der Waals surface area contributed by atoms with E-state index in [2.05, 4.69) is 18.6 Å². The number of aliphatic hydroxyl groups excluding tert-OH is 4. The Morgan fingerprint density at radius 1 is 0.718 bits per heavy atom. The van der Waals surface area contributed by atoms with Gasteiger partial charge in [-0.15, -0.1) is 18.9 Å². The lowest BCUT2D eigenvalue weighted by Crippen LogP contribution is -2.28. The first-order valence-corrected chi connectivity index (χ1v) is 28.5. The van der Waals surface area contributed by atoms with E-state index in [1.165, 1.54) is 117 Å². The maximum atomic E-state index is 12.9. The molecule has 0 radical (unpaired) electrons. The second kappa shape index (κ2) is 38.9. The molecule has 0 spiro atoms. The number of terminal acetylenes is 1. The number of ether oxygens (including phenoxy) is 4. The van der Waals surface area contributed by atoms with Crippen LogP contribution < -0.4 is 15.1 Å². The number of methoxy groups -OCH3 is 1. The highest BCUT2D eigenvalue weighted by Gasteiger charge is 2.32. The molecule has 1 aliphatic heterocycles. The Morgan fingerprint density at radius 3 is 1.64 bits per heavy atom. The molecule has 0 saturated heterocycles. The van der Waals surface area contributed by atoms with E-state index in [0.717, 1.165) is 56.1 Å². The maximum absolute atomic E-state index is 12.9. The molecule has 2 aromatic carbocycles. The zero-order valence-corrected chi connectivity index (χ0v) is 48.3. The van der Waals surface area contributed by atoms with E-state index in [1.54, 1.807) is 12.1 Å². The van der Waals surface area contributed by atoms with Crippen LogP contribution in [0.1, 0.15) is 207 Å². The van der Waals surface area contributed by atoms with Gasteiger partial charge in [-0.2, -0.15) is 0 Å². The summed E-state index contributed by atoms with van der Waals surface area (Å²) in [5, 5.41) is 60.0. The van der Waals surface area contributed by atoms with E-state index in [1.807, 2.05) is 45.9 Å². The first-order valence-electron chi connectivity index (χ1n) is 28.5. The van der Waals surface area contributed by atoms with Crippen molar-refractivity contribution in [3.05, 3.63) is 76.2 Å². The van der Waals surface area contributed by atoms with Crippen molar-refractivity contribution >= 4 is 29.0 Å². The fourth-order valence-electron chi connectivity index (χ4n) is 9.07. The number of phenols is 1. The van der Waals surface area contributed by atoms with E-state index < -0.39 is 47.6 Å². The number of hydrogen-bond acceptors (Lipinski definition) is 14. The zero-order chi connectivity index (χ0) is 57.9. The van der Waals surface area contributed by atoms with Gasteiger partial charge in [0.05, 0.1) is 37.1 Å². The molecular weight excluding hydrogens is 993 g/mol. The standard InChI is InChI=1S/C26H26O6.C19H36O4.C19H34O4/c1-14(2)6-11-17-22-18(12-13-26(3,4)32-22)24-20(23(17)30-5)21(28)19(25(29)31-24)15-7-9-16(27)10-8-15;2*1-3-4-5-6-7-8-9-10-11-12-13-14-18(21)15-19(22)16-23-17(2)20/h6-10,12-13,27-28H,11H2,1-5H3;3,18-19,21-22H,1,4-16H2,2H3;1,18-19,21-22H,4-16H2,2H3. The Balaban J connectivity index is 0.000000411. The predicted octanol–water partition coefficient (Wildman–Crippen LogP) is 13.3. The average Bonchev–Trinajstić information content (AvgIpc) is 3.59. The van der Waals surface area contributed by atoms with Crippen LogP contribution in [0.4, 0.5) is 0 Å². The van der Waals surface area contributed by atoms with Crippen LogP contribution in [0.15, 0.2) is 63.9 Å². The molecule has 0 bridgehead atoms. The summed E-state index contributed by atoms with van der Waals surface area (Å²) in [6, 6.07) is 5.99. The fourth-order valence-corrected chi connectivity index (χ4v) is 9.07. The molecule has 78 heavy (non-hydrogen) atoms. The molecule has 14 nitrogen and oxygen atoms in total. The number of fused-ring (bicyclic) bond motifs is 3. The van der Waals surface area contributed by atoms with Crippen molar-refractivity contribution in [2.75, 3.05) is 20.3 Å². The summed E-state index contributed by atoms with van der Waals surface area (Å²) in [5.74, 6) is 2.63. The quantitative estimate of drug-likeness (QED) is 0.0106. The summed E-state index contributed by atoms with van der Waals surface area (Å²) in [6.45, 7) is 14.2. The number of aliphatic hydroxyl groups is 4. The highest BCUT2D eigenvalue weighted by Crippen LogP contribution is 2.49. The largest absolute Gasteiger partial charge is 0.508 e. The van der Waals surface area contributed by atoms with Crippen LogP contribution in [0.3, 0.4) is 0 Å². The van der Waals surface area contributed by atoms with E-state index in [4.69, 9.17) is 29.8 Å². The second-order valence-corrected chi connectivity index (χ2v) is 21.3. The van der Waals surface area contributed by atoms with Crippen LogP contribution in [0.2, 0.25) is 0 Å². The fraction of sp³-hybridized carbons (Fsp3) is 0.609. The first-order chi connectivity index (χ1) is 37.2. The van der Waals surface area contributed by atoms with Crippen LogP contribution in [0.5, 0.6) is 23.0 Å². The van der Waals surface area contributed by atoms with Gasteiger partial charge in [-0.1, -0.05) is 133 Å². The third kappa shape index (κ3) is 27.8. The number of aromatic hydroxyl groups is 2. The number of allylic oxidation sites excluding steroid dienone is 3. The molecule has 14 heteroatoms. The van der Waals surface area contributed by atoms with Crippen LogP contribution >= 0.6 is 0 Å². The Hall–Kier alpha value is -5.59. The van der Waals surface area contributed by atoms with E-state index in [-0.39, 0.29) is 48.7 Å². The molecular formula is C64H96O14. The molecule has 1 aliphatic rings. The summed E-state index contributed by atoms with van der Waals surface area (Å²) < 4.78 is 27.2. The lowest BCUT2D eigenvalue weighted by atomic mass is 9.93. The van der Waals surface area contributed by atoms with Gasteiger partial charge < -0.3 is 54.0 Å². The minimum absolute atomic E-state index is 0.00458. The van der Waals surface area contributed by atoms with Gasteiger partial charge in [0.2, 0.25) is 0 Å². The summed E-state index contributed by atoms with van der Waals surface area (Å²) in [6.07, 6.45) is 36.8. The third-order valence-electron chi connectivity index (χ3n) is 13.3. The third-order valence-corrected chi connectivity index (χ3v) is 13.3. The van der Waals surface area contributed by atoms with E-state index in [9.17, 15) is 45.0 Å². The molecule has 1 aromatic heterocycles. The molecule has 4 atom stereocenters. The lowest BCUT2D eigenvalue weighted by molar-refractivity contribution is -0.145. The van der Waals surface area contributed by atoms with E-state index in [0.29, 0.717) is 47.3 Å². The van der Waals surface area contributed by atoms with Crippen molar-refractivity contribution in [3.63, 3.8) is 0 Å². The SMILES string of the molecule is C#CCCCCCCCCCCCC(O)CC(O)COC(C)=O.C=CCCCCCCCCCCCC(O)CC(O)COC(C)=O.COc1c(CC=C(C)C)c2c(c3oc(=O)c(-c4ccc(O)cc4)c(O)c13)C=CC(C)(C)O2. The highest BCUT2D eigenvalue weighted by atomic mass is 16.5. The Labute approximate surface area is 465 Å². The van der Waals surface area contributed by atoms with E-state index >= 15 is 0 Å². The van der Waals surface area contributed by atoms with Crippen molar-refractivity contribution in [2.24, 2.45) is 0 Å². The second-order valence-electron chi connectivity index (χ2n) is 21.3. The van der Waals surface area contributed by atoms with Gasteiger partial charge in [0.15, 0.2) is 5.58 Å². The highest BCUT2D eigenvalue weighted by molar-refractivity contribution is 6.02. The van der Waals surface area contributed by atoms with Gasteiger partial charge >= 0.3 is 17.6 Å². The number of unbranched alkanes of at least 4 members (excludes halogenated alkanes) is 18.